The van der Waals surface area contributed by atoms with Gasteiger partial charge in [-0.25, -0.2) is 17.2 Å². The zero-order valence-corrected chi connectivity index (χ0v) is 16.7. The Kier molecular flexibility index (Phi) is 6.31. The number of anilines is 2. The van der Waals surface area contributed by atoms with Crippen molar-refractivity contribution in [3.8, 4) is 5.75 Å². The smallest absolute Gasteiger partial charge is 0.261 e. The third-order valence-corrected chi connectivity index (χ3v) is 5.38. The summed E-state index contributed by atoms with van der Waals surface area (Å²) in [6, 6.07) is 14.2. The number of amides is 1. The third kappa shape index (κ3) is 4.93. The lowest BCUT2D eigenvalue weighted by Crippen LogP contribution is -2.17. The maximum atomic E-state index is 13.9. The van der Waals surface area contributed by atoms with Gasteiger partial charge in [0.15, 0.2) is 0 Å². The van der Waals surface area contributed by atoms with E-state index in [0.717, 1.165) is 12.1 Å². The van der Waals surface area contributed by atoms with Gasteiger partial charge in [0.25, 0.3) is 15.9 Å². The fraction of sp³-hybridized carbons (Fsp3) is 0.0952. The van der Waals surface area contributed by atoms with E-state index in [9.17, 15) is 22.0 Å². The van der Waals surface area contributed by atoms with Crippen molar-refractivity contribution in [3.05, 3.63) is 83.9 Å². The molecule has 2 N–H and O–H groups in total. The Balaban J connectivity index is 1.94. The molecule has 0 bridgehead atoms. The summed E-state index contributed by atoms with van der Waals surface area (Å²) < 4.78 is 60.4. The van der Waals surface area contributed by atoms with Gasteiger partial charge in [-0.3, -0.25) is 9.52 Å². The van der Waals surface area contributed by atoms with E-state index in [0.29, 0.717) is 0 Å². The van der Waals surface area contributed by atoms with Crippen molar-refractivity contribution >= 4 is 27.3 Å². The molecule has 0 saturated heterocycles. The number of hydrogen-bond donors (Lipinski definition) is 2. The van der Waals surface area contributed by atoms with E-state index in [4.69, 9.17) is 4.74 Å². The van der Waals surface area contributed by atoms with E-state index in [1.807, 2.05) is 0 Å². The quantitative estimate of drug-likeness (QED) is 0.579. The van der Waals surface area contributed by atoms with Gasteiger partial charge in [0.2, 0.25) is 0 Å². The molecule has 0 aliphatic carbocycles. The Bertz CT molecular complexity index is 1180. The van der Waals surface area contributed by atoms with Gasteiger partial charge in [-0.1, -0.05) is 18.2 Å². The fourth-order valence-corrected chi connectivity index (χ4v) is 3.73. The molecule has 0 fully saturated rings. The molecular formula is C21H18F2N2O4S. The largest absolute Gasteiger partial charge is 0.492 e. The Morgan fingerprint density at radius 1 is 1.00 bits per heavy atom. The first kappa shape index (κ1) is 21.3. The van der Waals surface area contributed by atoms with Crippen LogP contribution in [-0.4, -0.2) is 20.9 Å². The number of carbonyl (C=O) groups excluding carboxylic acids is 1. The molecule has 0 aliphatic heterocycles. The molecule has 9 heteroatoms. The lowest BCUT2D eigenvalue weighted by atomic mass is 10.2. The molecule has 0 spiro atoms. The standard InChI is InChI=1S/C21H18F2N2O4S/c1-2-29-20-11-10-16(30(27,28)25-15-7-5-6-14(22)12-15)13-19(20)24-21(26)17-8-3-4-9-18(17)23/h3-13,25H,2H2,1H3,(H,24,26). The van der Waals surface area contributed by atoms with E-state index in [2.05, 4.69) is 10.0 Å². The van der Waals surface area contributed by atoms with Crippen molar-refractivity contribution in [1.29, 1.82) is 0 Å². The van der Waals surface area contributed by atoms with Gasteiger partial charge in [-0.15, -0.1) is 0 Å². The molecule has 0 aromatic heterocycles. The summed E-state index contributed by atoms with van der Waals surface area (Å²) in [5.41, 5.74) is -0.112. The molecule has 0 unspecified atom stereocenters. The van der Waals surface area contributed by atoms with Crippen LogP contribution in [0, 0.1) is 11.6 Å². The highest BCUT2D eigenvalue weighted by atomic mass is 32.2. The van der Waals surface area contributed by atoms with E-state index in [-0.39, 0.29) is 34.2 Å². The summed E-state index contributed by atoms with van der Waals surface area (Å²) in [6.07, 6.45) is 0. The minimum absolute atomic E-state index is 0.0424. The topological polar surface area (TPSA) is 84.5 Å². The highest BCUT2D eigenvalue weighted by molar-refractivity contribution is 7.92. The van der Waals surface area contributed by atoms with Gasteiger partial charge < -0.3 is 10.1 Å². The molecule has 6 nitrogen and oxygen atoms in total. The molecule has 3 aromatic rings. The summed E-state index contributed by atoms with van der Waals surface area (Å²) in [5.74, 6) is -1.86. The van der Waals surface area contributed by atoms with Gasteiger partial charge in [-0.2, -0.15) is 0 Å². The molecular weight excluding hydrogens is 414 g/mol. The van der Waals surface area contributed by atoms with Crippen molar-refractivity contribution in [1.82, 2.24) is 0 Å². The van der Waals surface area contributed by atoms with Crippen LogP contribution in [-0.2, 0) is 10.0 Å². The zero-order chi connectivity index (χ0) is 21.7. The zero-order valence-electron chi connectivity index (χ0n) is 15.9. The molecule has 3 aromatic carbocycles. The second kappa shape index (κ2) is 8.91. The Morgan fingerprint density at radius 2 is 1.77 bits per heavy atom. The number of ether oxygens (including phenoxy) is 1. The van der Waals surface area contributed by atoms with Gasteiger partial charge in [0.05, 0.1) is 28.4 Å². The molecule has 0 atom stereocenters. The van der Waals surface area contributed by atoms with Crippen LogP contribution in [0.3, 0.4) is 0 Å². The maximum absolute atomic E-state index is 13.9. The van der Waals surface area contributed by atoms with Crippen LogP contribution in [0.15, 0.2) is 71.6 Å². The predicted molar refractivity (Wildman–Crippen MR) is 109 cm³/mol. The van der Waals surface area contributed by atoms with Crippen LogP contribution in [0.1, 0.15) is 17.3 Å². The van der Waals surface area contributed by atoms with Crippen molar-refractivity contribution in [2.45, 2.75) is 11.8 Å². The highest BCUT2D eigenvalue weighted by Crippen LogP contribution is 2.29. The average molecular weight is 432 g/mol. The second-order valence-corrected chi connectivity index (χ2v) is 7.82. The highest BCUT2D eigenvalue weighted by Gasteiger charge is 2.19. The number of nitrogens with one attached hydrogen (secondary N) is 2. The monoisotopic (exact) mass is 432 g/mol. The fourth-order valence-electron chi connectivity index (χ4n) is 2.66. The Morgan fingerprint density at radius 3 is 2.47 bits per heavy atom. The van der Waals surface area contributed by atoms with E-state index in [1.165, 1.54) is 54.6 Å². The number of rotatable bonds is 7. The molecule has 156 valence electrons. The molecule has 1 amide bonds. The summed E-state index contributed by atoms with van der Waals surface area (Å²) in [5, 5.41) is 2.48. The lowest BCUT2D eigenvalue weighted by Gasteiger charge is -2.14. The van der Waals surface area contributed by atoms with E-state index >= 15 is 0 Å². The minimum Gasteiger partial charge on any atom is -0.492 e. The molecule has 0 aliphatic rings. The molecule has 3 rings (SSSR count). The van der Waals surface area contributed by atoms with Crippen molar-refractivity contribution in [2.75, 3.05) is 16.6 Å². The number of halogens is 2. The van der Waals surface area contributed by atoms with Crippen LogP contribution in [0.25, 0.3) is 0 Å². The first-order chi connectivity index (χ1) is 14.3. The van der Waals surface area contributed by atoms with Crippen molar-refractivity contribution in [3.63, 3.8) is 0 Å². The van der Waals surface area contributed by atoms with Crippen LogP contribution in [0.4, 0.5) is 20.2 Å². The molecule has 0 heterocycles. The van der Waals surface area contributed by atoms with Gasteiger partial charge in [0.1, 0.15) is 17.4 Å². The second-order valence-electron chi connectivity index (χ2n) is 6.14. The van der Waals surface area contributed by atoms with Gasteiger partial charge in [-0.05, 0) is 55.5 Å². The number of hydrogen-bond acceptors (Lipinski definition) is 4. The SMILES string of the molecule is CCOc1ccc(S(=O)(=O)Nc2cccc(F)c2)cc1NC(=O)c1ccccc1F. The Labute approximate surface area is 172 Å². The third-order valence-electron chi connectivity index (χ3n) is 4.00. The summed E-state index contributed by atoms with van der Waals surface area (Å²) in [6.45, 7) is 1.98. The lowest BCUT2D eigenvalue weighted by molar-refractivity contribution is 0.102. The maximum Gasteiger partial charge on any atom is 0.261 e. The van der Waals surface area contributed by atoms with Crippen LogP contribution in [0.2, 0.25) is 0 Å². The normalized spacial score (nSPS) is 11.0. The van der Waals surface area contributed by atoms with Crippen molar-refractivity contribution in [2.24, 2.45) is 0 Å². The predicted octanol–water partition coefficient (Wildman–Crippen LogP) is 4.42. The van der Waals surface area contributed by atoms with Crippen LogP contribution in [0.5, 0.6) is 5.75 Å². The number of carbonyl (C=O) groups is 1. The summed E-state index contributed by atoms with van der Waals surface area (Å²) in [4.78, 5) is 12.3. The first-order valence-corrected chi connectivity index (χ1v) is 10.4. The molecule has 0 saturated carbocycles. The van der Waals surface area contributed by atoms with Gasteiger partial charge >= 0.3 is 0 Å². The van der Waals surface area contributed by atoms with Gasteiger partial charge in [0, 0.05) is 0 Å². The van der Waals surface area contributed by atoms with Crippen LogP contribution >= 0.6 is 0 Å². The summed E-state index contributed by atoms with van der Waals surface area (Å²) in [7, 11) is -4.09. The first-order valence-electron chi connectivity index (χ1n) is 8.91. The van der Waals surface area contributed by atoms with Crippen LogP contribution < -0.4 is 14.8 Å². The molecule has 0 radical (unpaired) electrons. The van der Waals surface area contributed by atoms with Crippen molar-refractivity contribution < 1.29 is 26.7 Å². The Hall–Kier alpha value is -3.46. The number of sulfonamides is 1. The molecule has 30 heavy (non-hydrogen) atoms. The summed E-state index contributed by atoms with van der Waals surface area (Å²) >= 11 is 0. The van der Waals surface area contributed by atoms with E-state index < -0.39 is 27.6 Å². The number of benzene rings is 3. The minimum atomic E-state index is -4.09. The van der Waals surface area contributed by atoms with E-state index in [1.54, 1.807) is 6.92 Å². The average Bonchev–Trinajstić information content (AvgIpc) is 2.69.